The Morgan fingerprint density at radius 1 is 1.52 bits per heavy atom. The van der Waals surface area contributed by atoms with Gasteiger partial charge >= 0.3 is 0 Å². The number of nitriles is 1. The van der Waals surface area contributed by atoms with Gasteiger partial charge in [-0.3, -0.25) is 10.1 Å². The van der Waals surface area contributed by atoms with Crippen molar-refractivity contribution < 1.29 is 10.0 Å². The fourth-order valence-corrected chi connectivity index (χ4v) is 2.74. The zero-order valence-corrected chi connectivity index (χ0v) is 13.2. The van der Waals surface area contributed by atoms with Crippen LogP contribution in [-0.4, -0.2) is 47.2 Å². The lowest BCUT2D eigenvalue weighted by Crippen LogP contribution is -2.40. The highest BCUT2D eigenvalue weighted by molar-refractivity contribution is 5.64. The lowest BCUT2D eigenvalue weighted by molar-refractivity contribution is -0.384. The Morgan fingerprint density at radius 2 is 2.22 bits per heavy atom. The van der Waals surface area contributed by atoms with Gasteiger partial charge in [-0.05, 0) is 44.0 Å². The van der Waals surface area contributed by atoms with Crippen molar-refractivity contribution in [1.29, 1.82) is 5.26 Å². The van der Waals surface area contributed by atoms with Gasteiger partial charge < -0.3 is 15.3 Å². The molecule has 7 heteroatoms. The largest absolute Gasteiger partial charge is 0.390 e. The van der Waals surface area contributed by atoms with Gasteiger partial charge in [0.2, 0.25) is 0 Å². The second kappa shape index (κ2) is 7.90. The van der Waals surface area contributed by atoms with Crippen LogP contribution >= 0.6 is 0 Å². The van der Waals surface area contributed by atoms with E-state index >= 15 is 0 Å². The first-order chi connectivity index (χ1) is 11.0. The van der Waals surface area contributed by atoms with Gasteiger partial charge in [-0.15, -0.1) is 0 Å². The summed E-state index contributed by atoms with van der Waals surface area (Å²) in [6.45, 7) is 4.99. The maximum atomic E-state index is 11.1. The molecule has 0 bridgehead atoms. The summed E-state index contributed by atoms with van der Waals surface area (Å²) in [4.78, 5) is 12.8. The molecule has 23 heavy (non-hydrogen) atoms. The molecular formula is C16H22N4O3. The molecule has 2 rings (SSSR count). The number of likely N-dealkylation sites (tertiary alicyclic amines) is 1. The molecule has 1 saturated heterocycles. The number of aliphatic hydroxyl groups excluding tert-OH is 1. The Kier molecular flexibility index (Phi) is 5.90. The summed E-state index contributed by atoms with van der Waals surface area (Å²) in [5.74, 6) is 0.739. The first kappa shape index (κ1) is 17.2. The van der Waals surface area contributed by atoms with Gasteiger partial charge in [0.15, 0.2) is 0 Å². The third kappa shape index (κ3) is 4.91. The zero-order chi connectivity index (χ0) is 16.8. The summed E-state index contributed by atoms with van der Waals surface area (Å²) >= 11 is 0. The molecule has 0 aliphatic carbocycles. The molecule has 1 aliphatic heterocycles. The molecule has 1 aromatic carbocycles. The van der Waals surface area contributed by atoms with Crippen molar-refractivity contribution in [1.82, 2.24) is 4.90 Å². The number of hydrogen-bond acceptors (Lipinski definition) is 6. The smallest absolute Gasteiger partial charge is 0.293 e. The quantitative estimate of drug-likeness (QED) is 0.614. The number of anilines is 1. The first-order valence-electron chi connectivity index (χ1n) is 7.82. The average Bonchev–Trinajstić information content (AvgIpc) is 2.54. The van der Waals surface area contributed by atoms with Gasteiger partial charge in [-0.25, -0.2) is 0 Å². The Hall–Kier alpha value is -2.17. The summed E-state index contributed by atoms with van der Waals surface area (Å²) in [5, 5.41) is 32.9. The van der Waals surface area contributed by atoms with E-state index in [-0.39, 0.29) is 17.8 Å². The number of nitro benzene ring substituents is 1. The molecule has 0 saturated carbocycles. The molecule has 124 valence electrons. The molecule has 0 radical (unpaired) electrons. The Balaban J connectivity index is 1.90. The van der Waals surface area contributed by atoms with Crippen LogP contribution in [0.4, 0.5) is 11.4 Å². The summed E-state index contributed by atoms with van der Waals surface area (Å²) in [6, 6.07) is 6.15. The number of hydrogen-bond donors (Lipinski definition) is 2. The fourth-order valence-electron chi connectivity index (χ4n) is 2.74. The molecule has 1 atom stereocenters. The monoisotopic (exact) mass is 318 g/mol. The second-order valence-electron chi connectivity index (χ2n) is 6.12. The van der Waals surface area contributed by atoms with Crippen LogP contribution in [0, 0.1) is 27.4 Å². The van der Waals surface area contributed by atoms with Crippen LogP contribution < -0.4 is 5.32 Å². The van der Waals surface area contributed by atoms with Crippen molar-refractivity contribution in [3.8, 4) is 6.07 Å². The van der Waals surface area contributed by atoms with E-state index in [9.17, 15) is 15.2 Å². The maximum Gasteiger partial charge on any atom is 0.293 e. The number of nitro groups is 1. The molecule has 1 aliphatic rings. The highest BCUT2D eigenvalue weighted by Crippen LogP contribution is 2.25. The molecule has 1 aromatic rings. The summed E-state index contributed by atoms with van der Waals surface area (Å²) in [5.41, 5.74) is 0.411. The number of nitrogens with zero attached hydrogens (tertiary/aromatic N) is 3. The summed E-state index contributed by atoms with van der Waals surface area (Å²) in [6.07, 6.45) is 1.68. The van der Waals surface area contributed by atoms with Crippen molar-refractivity contribution in [3.05, 3.63) is 33.9 Å². The van der Waals surface area contributed by atoms with Crippen LogP contribution in [0.2, 0.25) is 0 Å². The minimum absolute atomic E-state index is 0.150. The van der Waals surface area contributed by atoms with Crippen molar-refractivity contribution in [2.75, 3.05) is 31.5 Å². The number of piperidine rings is 1. The molecule has 2 N–H and O–H groups in total. The topological polar surface area (TPSA) is 102 Å². The van der Waals surface area contributed by atoms with E-state index in [0.717, 1.165) is 31.8 Å². The Morgan fingerprint density at radius 3 is 2.83 bits per heavy atom. The number of benzene rings is 1. The summed E-state index contributed by atoms with van der Waals surface area (Å²) in [7, 11) is 0. The number of rotatable bonds is 6. The highest BCUT2D eigenvalue weighted by Gasteiger charge is 2.19. The fraction of sp³-hybridized carbons (Fsp3) is 0.562. The lowest BCUT2D eigenvalue weighted by atomic mass is 9.99. The zero-order valence-electron chi connectivity index (χ0n) is 13.2. The molecule has 7 nitrogen and oxygen atoms in total. The van der Waals surface area contributed by atoms with E-state index in [4.69, 9.17) is 5.26 Å². The van der Waals surface area contributed by atoms with Crippen LogP contribution in [-0.2, 0) is 0 Å². The molecule has 0 aromatic heterocycles. The molecule has 1 heterocycles. The van der Waals surface area contributed by atoms with Crippen LogP contribution in [0.1, 0.15) is 25.3 Å². The van der Waals surface area contributed by atoms with Crippen LogP contribution in [0.15, 0.2) is 18.2 Å². The molecule has 1 unspecified atom stereocenters. The van der Waals surface area contributed by atoms with E-state index in [2.05, 4.69) is 17.1 Å². The van der Waals surface area contributed by atoms with Crippen LogP contribution in [0.5, 0.6) is 0 Å². The third-order valence-corrected chi connectivity index (χ3v) is 4.20. The summed E-state index contributed by atoms with van der Waals surface area (Å²) < 4.78 is 0. The van der Waals surface area contributed by atoms with E-state index < -0.39 is 11.0 Å². The SMILES string of the molecule is CC1CCN(CC(O)CNc2ccc(C#N)cc2[N+](=O)[O-])CC1. The molecular weight excluding hydrogens is 296 g/mol. The van der Waals surface area contributed by atoms with Crippen molar-refractivity contribution in [2.45, 2.75) is 25.9 Å². The molecule has 0 amide bonds. The van der Waals surface area contributed by atoms with Gasteiger partial charge in [-0.1, -0.05) is 6.92 Å². The minimum atomic E-state index is -0.598. The maximum absolute atomic E-state index is 11.1. The standard InChI is InChI=1S/C16H22N4O3/c1-12-4-6-19(7-5-12)11-14(21)10-18-15-3-2-13(9-17)8-16(15)20(22)23/h2-3,8,12,14,18,21H,4-7,10-11H2,1H3. The minimum Gasteiger partial charge on any atom is -0.390 e. The van der Waals surface area contributed by atoms with Crippen LogP contribution in [0.3, 0.4) is 0 Å². The van der Waals surface area contributed by atoms with Crippen molar-refractivity contribution in [3.63, 3.8) is 0 Å². The number of nitrogens with one attached hydrogen (secondary N) is 1. The number of β-amino-alcohol motifs (C(OH)–C–C–N with tert-alkyl or cyclic N) is 1. The van der Waals surface area contributed by atoms with E-state index in [1.165, 1.54) is 18.2 Å². The number of aliphatic hydroxyl groups is 1. The van der Waals surface area contributed by atoms with Crippen LogP contribution in [0.25, 0.3) is 0 Å². The van der Waals surface area contributed by atoms with Gasteiger partial charge in [0, 0.05) is 19.2 Å². The average molecular weight is 318 g/mol. The van der Waals surface area contributed by atoms with Gasteiger partial charge in [0.05, 0.1) is 22.7 Å². The lowest BCUT2D eigenvalue weighted by Gasteiger charge is -2.31. The van der Waals surface area contributed by atoms with Gasteiger partial charge in [0.1, 0.15) is 5.69 Å². The van der Waals surface area contributed by atoms with Crippen molar-refractivity contribution in [2.24, 2.45) is 5.92 Å². The van der Waals surface area contributed by atoms with Gasteiger partial charge in [-0.2, -0.15) is 5.26 Å². The first-order valence-corrected chi connectivity index (χ1v) is 7.82. The Bertz CT molecular complexity index is 591. The van der Waals surface area contributed by atoms with E-state index in [1.54, 1.807) is 0 Å². The molecule has 1 fully saturated rings. The normalized spacial score (nSPS) is 17.4. The highest BCUT2D eigenvalue weighted by atomic mass is 16.6. The van der Waals surface area contributed by atoms with E-state index in [1.807, 2.05) is 6.07 Å². The third-order valence-electron chi connectivity index (χ3n) is 4.20. The Labute approximate surface area is 135 Å². The molecule has 0 spiro atoms. The second-order valence-corrected chi connectivity index (χ2v) is 6.12. The predicted molar refractivity (Wildman–Crippen MR) is 87.1 cm³/mol. The van der Waals surface area contributed by atoms with Gasteiger partial charge in [0.25, 0.3) is 5.69 Å². The van der Waals surface area contributed by atoms with Crippen molar-refractivity contribution >= 4 is 11.4 Å². The van der Waals surface area contributed by atoms with E-state index in [0.29, 0.717) is 12.2 Å². The predicted octanol–water partition coefficient (Wildman–Crippen LogP) is 1.97.